The third-order valence-corrected chi connectivity index (χ3v) is 3.89. The van der Waals surface area contributed by atoms with E-state index in [0.29, 0.717) is 10.6 Å². The van der Waals surface area contributed by atoms with Gasteiger partial charge in [-0.15, -0.1) is 11.3 Å². The first-order chi connectivity index (χ1) is 10.5. The molecule has 1 amide bonds. The van der Waals surface area contributed by atoms with Gasteiger partial charge in [0.2, 0.25) is 0 Å². The minimum absolute atomic E-state index is 0.138. The summed E-state index contributed by atoms with van der Waals surface area (Å²) in [7, 11) is 3.05. The number of hydrogen-bond donors (Lipinski definition) is 1. The Bertz CT molecular complexity index is 647. The van der Waals surface area contributed by atoms with Crippen molar-refractivity contribution in [2.45, 2.75) is 6.10 Å². The fourth-order valence-electron chi connectivity index (χ4n) is 1.97. The van der Waals surface area contributed by atoms with Crippen molar-refractivity contribution in [1.29, 1.82) is 0 Å². The molecule has 5 nitrogen and oxygen atoms in total. The molecule has 0 fully saturated rings. The van der Waals surface area contributed by atoms with Crippen LogP contribution >= 0.6 is 11.3 Å². The minimum Gasteiger partial charge on any atom is -0.389 e. The van der Waals surface area contributed by atoms with Gasteiger partial charge in [-0.3, -0.25) is 4.79 Å². The maximum atomic E-state index is 13.7. The molecule has 2 rings (SSSR count). The number of aliphatic hydroxyl groups excluding tert-OH is 1. The molecular formula is C15H17FN2O3S. The first-order valence-corrected chi connectivity index (χ1v) is 7.53. The lowest BCUT2D eigenvalue weighted by Gasteiger charge is -2.19. The summed E-state index contributed by atoms with van der Waals surface area (Å²) in [5, 5.41) is 11.7. The lowest BCUT2D eigenvalue weighted by atomic mass is 10.2. The second-order valence-electron chi connectivity index (χ2n) is 4.81. The Morgan fingerprint density at radius 1 is 1.50 bits per heavy atom. The average Bonchev–Trinajstić information content (AvgIpc) is 2.96. The number of aliphatic hydroxyl groups is 1. The van der Waals surface area contributed by atoms with Gasteiger partial charge in [-0.05, 0) is 12.1 Å². The molecule has 0 radical (unpaired) electrons. The third-order valence-electron chi connectivity index (χ3n) is 3.02. The summed E-state index contributed by atoms with van der Waals surface area (Å²) in [6.07, 6.45) is -0.761. The fourth-order valence-corrected chi connectivity index (χ4v) is 2.79. The Morgan fingerprint density at radius 2 is 2.23 bits per heavy atom. The smallest absolute Gasteiger partial charge is 0.273 e. The third kappa shape index (κ3) is 3.88. The minimum atomic E-state index is -0.761. The molecule has 1 unspecified atom stereocenters. The van der Waals surface area contributed by atoms with E-state index in [1.54, 1.807) is 30.6 Å². The first-order valence-electron chi connectivity index (χ1n) is 6.65. The van der Waals surface area contributed by atoms with Crippen LogP contribution in [0.5, 0.6) is 0 Å². The van der Waals surface area contributed by atoms with Crippen LogP contribution in [-0.2, 0) is 4.74 Å². The number of halogens is 1. The van der Waals surface area contributed by atoms with E-state index < -0.39 is 6.10 Å². The van der Waals surface area contributed by atoms with Gasteiger partial charge in [-0.25, -0.2) is 9.37 Å². The number of methoxy groups -OCH3 is 1. The molecule has 2 aromatic rings. The normalized spacial score (nSPS) is 12.2. The number of aromatic nitrogens is 1. The van der Waals surface area contributed by atoms with E-state index in [1.165, 1.54) is 29.4 Å². The second-order valence-corrected chi connectivity index (χ2v) is 5.67. The number of benzene rings is 1. The molecule has 0 aliphatic carbocycles. The summed E-state index contributed by atoms with van der Waals surface area (Å²) in [5.74, 6) is -0.700. The number of carbonyl (C=O) groups excluding carboxylic acids is 1. The van der Waals surface area contributed by atoms with Crippen LogP contribution in [0.4, 0.5) is 4.39 Å². The zero-order chi connectivity index (χ0) is 16.1. The number of rotatable bonds is 6. The molecule has 118 valence electrons. The summed E-state index contributed by atoms with van der Waals surface area (Å²) in [5.41, 5.74) is 0.601. The van der Waals surface area contributed by atoms with Crippen molar-refractivity contribution < 1.29 is 19.0 Å². The van der Waals surface area contributed by atoms with Crippen LogP contribution in [0.25, 0.3) is 10.6 Å². The average molecular weight is 324 g/mol. The Hall–Kier alpha value is -1.83. The maximum absolute atomic E-state index is 13.7. The van der Waals surface area contributed by atoms with E-state index in [1.807, 2.05) is 0 Å². The van der Waals surface area contributed by atoms with Gasteiger partial charge >= 0.3 is 0 Å². The molecule has 1 aromatic carbocycles. The van der Waals surface area contributed by atoms with Crippen LogP contribution in [0.15, 0.2) is 29.6 Å². The van der Waals surface area contributed by atoms with Crippen molar-refractivity contribution in [3.8, 4) is 10.6 Å². The predicted octanol–water partition coefficient (Wildman–Crippen LogP) is 2.03. The molecule has 7 heteroatoms. The lowest BCUT2D eigenvalue weighted by Crippen LogP contribution is -2.36. The number of thiazole rings is 1. The Balaban J connectivity index is 2.11. The summed E-state index contributed by atoms with van der Waals surface area (Å²) in [4.78, 5) is 17.8. The standard InChI is InChI=1S/C15H17FN2O3S/c1-18(7-10(19)8-21-2)15(20)13-9-22-14(17-13)11-5-3-4-6-12(11)16/h3-6,9-10,19H,7-8H2,1-2H3. The van der Waals surface area contributed by atoms with Crippen LogP contribution in [0.3, 0.4) is 0 Å². The molecule has 0 saturated heterocycles. The van der Waals surface area contributed by atoms with E-state index in [-0.39, 0.29) is 30.6 Å². The zero-order valence-electron chi connectivity index (χ0n) is 12.3. The SMILES string of the molecule is COCC(O)CN(C)C(=O)c1csc(-c2ccccc2F)n1. The number of ether oxygens (including phenoxy) is 1. The molecule has 1 N–H and O–H groups in total. The molecule has 0 saturated carbocycles. The van der Waals surface area contributed by atoms with Crippen LogP contribution in [0.2, 0.25) is 0 Å². The Morgan fingerprint density at radius 3 is 2.91 bits per heavy atom. The van der Waals surface area contributed by atoms with Gasteiger partial charge in [0.1, 0.15) is 16.5 Å². The molecular weight excluding hydrogens is 307 g/mol. The summed E-state index contributed by atoms with van der Waals surface area (Å²) in [6, 6.07) is 6.29. The number of nitrogens with zero attached hydrogens (tertiary/aromatic N) is 2. The van der Waals surface area contributed by atoms with Gasteiger partial charge in [0.05, 0.1) is 12.7 Å². The van der Waals surface area contributed by atoms with E-state index in [2.05, 4.69) is 4.98 Å². The lowest BCUT2D eigenvalue weighted by molar-refractivity contribution is 0.0378. The number of hydrogen-bond acceptors (Lipinski definition) is 5. The highest BCUT2D eigenvalue weighted by molar-refractivity contribution is 7.13. The largest absolute Gasteiger partial charge is 0.389 e. The Kier molecular flexibility index (Phi) is 5.59. The first kappa shape index (κ1) is 16.5. The predicted molar refractivity (Wildman–Crippen MR) is 82.4 cm³/mol. The molecule has 0 aliphatic heterocycles. The molecule has 1 aromatic heterocycles. The molecule has 0 aliphatic rings. The molecule has 0 bridgehead atoms. The van der Waals surface area contributed by atoms with Gasteiger partial charge in [0, 0.05) is 31.6 Å². The molecule has 1 atom stereocenters. The molecule has 1 heterocycles. The zero-order valence-corrected chi connectivity index (χ0v) is 13.1. The summed E-state index contributed by atoms with van der Waals surface area (Å²) >= 11 is 1.21. The van der Waals surface area contributed by atoms with Crippen LogP contribution in [-0.4, -0.2) is 54.3 Å². The summed E-state index contributed by atoms with van der Waals surface area (Å²) in [6.45, 7) is 0.286. The molecule has 0 spiro atoms. The van der Waals surface area contributed by atoms with Crippen LogP contribution in [0, 0.1) is 5.82 Å². The highest BCUT2D eigenvalue weighted by atomic mass is 32.1. The number of carbonyl (C=O) groups is 1. The van der Waals surface area contributed by atoms with Gasteiger partial charge < -0.3 is 14.7 Å². The van der Waals surface area contributed by atoms with Crippen molar-refractivity contribution >= 4 is 17.2 Å². The highest BCUT2D eigenvalue weighted by Crippen LogP contribution is 2.26. The van der Waals surface area contributed by atoms with Gasteiger partial charge in [0.15, 0.2) is 0 Å². The quantitative estimate of drug-likeness (QED) is 0.883. The molecule has 22 heavy (non-hydrogen) atoms. The van der Waals surface area contributed by atoms with E-state index in [0.717, 1.165) is 0 Å². The van der Waals surface area contributed by atoms with Gasteiger partial charge in [-0.1, -0.05) is 12.1 Å². The van der Waals surface area contributed by atoms with Crippen molar-refractivity contribution in [2.24, 2.45) is 0 Å². The highest BCUT2D eigenvalue weighted by Gasteiger charge is 2.19. The van der Waals surface area contributed by atoms with Crippen LogP contribution < -0.4 is 0 Å². The number of amides is 1. The van der Waals surface area contributed by atoms with Crippen LogP contribution in [0.1, 0.15) is 10.5 Å². The van der Waals surface area contributed by atoms with Crippen molar-refractivity contribution in [1.82, 2.24) is 9.88 Å². The summed E-state index contributed by atoms with van der Waals surface area (Å²) < 4.78 is 18.5. The van der Waals surface area contributed by atoms with Gasteiger partial charge in [0.25, 0.3) is 5.91 Å². The monoisotopic (exact) mass is 324 g/mol. The number of likely N-dealkylation sites (N-methyl/N-ethyl adjacent to an activating group) is 1. The van der Waals surface area contributed by atoms with Crippen molar-refractivity contribution in [3.63, 3.8) is 0 Å². The maximum Gasteiger partial charge on any atom is 0.273 e. The fraction of sp³-hybridized carbons (Fsp3) is 0.333. The van der Waals surface area contributed by atoms with Gasteiger partial charge in [-0.2, -0.15) is 0 Å². The second kappa shape index (κ2) is 7.44. The van der Waals surface area contributed by atoms with E-state index >= 15 is 0 Å². The van der Waals surface area contributed by atoms with Crippen molar-refractivity contribution in [2.75, 3.05) is 27.3 Å². The van der Waals surface area contributed by atoms with E-state index in [4.69, 9.17) is 4.74 Å². The van der Waals surface area contributed by atoms with Crippen molar-refractivity contribution in [3.05, 3.63) is 41.2 Å². The van der Waals surface area contributed by atoms with E-state index in [9.17, 15) is 14.3 Å². The topological polar surface area (TPSA) is 62.7 Å². The Labute approximate surface area is 132 Å².